The summed E-state index contributed by atoms with van der Waals surface area (Å²) >= 11 is 3.53. The molecule has 86 valence electrons. The molecule has 0 aliphatic heterocycles. The maximum Gasteiger partial charge on any atom is 0.171 e. The summed E-state index contributed by atoms with van der Waals surface area (Å²) in [5.41, 5.74) is 1.35. The fraction of sp³-hybridized carbons (Fsp3) is 0.364. The molecule has 0 N–H and O–H groups in total. The van der Waals surface area contributed by atoms with Gasteiger partial charge in [-0.1, -0.05) is 0 Å². The molecule has 0 aliphatic carbocycles. The zero-order valence-corrected chi connectivity index (χ0v) is 10.9. The molecular formula is C11H16N4S. The van der Waals surface area contributed by atoms with E-state index in [9.17, 15) is 0 Å². The molecule has 1 rings (SSSR count). The number of aryl methyl sites for hydroxylation is 1. The molecular weight excluding hydrogens is 220 g/mol. The molecule has 1 heterocycles. The summed E-state index contributed by atoms with van der Waals surface area (Å²) in [4.78, 5) is 10.1. The Hall–Kier alpha value is -1.54. The number of aromatic nitrogens is 1. The van der Waals surface area contributed by atoms with Crippen molar-refractivity contribution < 1.29 is 0 Å². The van der Waals surface area contributed by atoms with E-state index < -0.39 is 0 Å². The third kappa shape index (κ3) is 4.80. The Labute approximate surface area is 102 Å². The predicted molar refractivity (Wildman–Crippen MR) is 70.4 cm³/mol. The van der Waals surface area contributed by atoms with E-state index in [0.717, 1.165) is 5.69 Å². The Bertz CT molecular complexity index is 393. The second-order valence-electron chi connectivity index (χ2n) is 3.14. The Balaban J connectivity index is 0.00000106. The summed E-state index contributed by atoms with van der Waals surface area (Å²) in [5, 5.41) is 8.80. The Kier molecular flexibility index (Phi) is 6.97. The first-order chi connectivity index (χ1) is 7.63. The topological polar surface area (TPSA) is 52.3 Å². The summed E-state index contributed by atoms with van der Waals surface area (Å²) in [6, 6.07) is 5.58. The molecule has 0 saturated carbocycles. The number of hydrogen-bond acceptors (Lipinski definition) is 4. The van der Waals surface area contributed by atoms with Crippen LogP contribution in [0.1, 0.15) is 11.3 Å². The van der Waals surface area contributed by atoms with Crippen LogP contribution in [0.2, 0.25) is 0 Å². The molecule has 0 fully saturated rings. The van der Waals surface area contributed by atoms with Crippen LogP contribution in [0, 0.1) is 18.3 Å². The third-order valence-corrected chi connectivity index (χ3v) is 1.55. The van der Waals surface area contributed by atoms with Gasteiger partial charge in [0.1, 0.15) is 6.07 Å². The summed E-state index contributed by atoms with van der Waals surface area (Å²) in [5.74, 6) is 0.473. The molecule has 0 spiro atoms. The van der Waals surface area contributed by atoms with E-state index in [1.165, 1.54) is 0 Å². The van der Waals surface area contributed by atoms with Crippen molar-refractivity contribution in [1.82, 2.24) is 9.88 Å². The average molecular weight is 236 g/mol. The number of aliphatic imine (C=N–C) groups is 1. The van der Waals surface area contributed by atoms with Crippen LogP contribution in [0.15, 0.2) is 17.1 Å². The van der Waals surface area contributed by atoms with Crippen LogP contribution >= 0.6 is 12.6 Å². The van der Waals surface area contributed by atoms with Gasteiger partial charge in [0.15, 0.2) is 5.82 Å². The zero-order valence-electron chi connectivity index (χ0n) is 9.97. The molecule has 4 nitrogen and oxygen atoms in total. The van der Waals surface area contributed by atoms with Gasteiger partial charge in [0, 0.05) is 19.8 Å². The Morgan fingerprint density at radius 1 is 1.44 bits per heavy atom. The molecule has 16 heavy (non-hydrogen) atoms. The van der Waals surface area contributed by atoms with Gasteiger partial charge < -0.3 is 4.90 Å². The fourth-order valence-corrected chi connectivity index (χ4v) is 0.899. The minimum atomic E-state index is 0.473. The summed E-state index contributed by atoms with van der Waals surface area (Å²) in [6.45, 7) is 1.87. The molecule has 0 aliphatic rings. The van der Waals surface area contributed by atoms with Crippen molar-refractivity contribution in [1.29, 1.82) is 5.26 Å². The van der Waals surface area contributed by atoms with Crippen LogP contribution in [0.5, 0.6) is 0 Å². The Morgan fingerprint density at radius 2 is 2.06 bits per heavy atom. The molecule has 1 aromatic heterocycles. The maximum atomic E-state index is 8.80. The van der Waals surface area contributed by atoms with Gasteiger partial charge in [0.25, 0.3) is 0 Å². The minimum absolute atomic E-state index is 0.473. The quantitative estimate of drug-likeness (QED) is 0.485. The lowest BCUT2D eigenvalue weighted by Gasteiger charge is -2.03. The highest BCUT2D eigenvalue weighted by molar-refractivity contribution is 7.79. The van der Waals surface area contributed by atoms with Crippen LogP contribution in [0.25, 0.3) is 0 Å². The van der Waals surface area contributed by atoms with Gasteiger partial charge in [-0.3, -0.25) is 0 Å². The van der Waals surface area contributed by atoms with Crippen molar-refractivity contribution >= 4 is 24.8 Å². The van der Waals surface area contributed by atoms with Crippen LogP contribution in [0.3, 0.4) is 0 Å². The standard InChI is InChI=1S/C10H12N4.CH4S/c1-8-4-5-9(6-11)10(13-8)12-7-14(2)3;1-2/h4-5,7H,1-3H3;2H,1H3/b12-7+;. The molecule has 0 saturated heterocycles. The predicted octanol–water partition coefficient (Wildman–Crippen LogP) is 2.03. The van der Waals surface area contributed by atoms with Crippen LogP contribution in [-0.4, -0.2) is 36.6 Å². The second-order valence-corrected chi connectivity index (χ2v) is 3.14. The monoisotopic (exact) mass is 236 g/mol. The second kappa shape index (κ2) is 7.71. The number of thiol groups is 1. The fourth-order valence-electron chi connectivity index (χ4n) is 0.899. The van der Waals surface area contributed by atoms with Crippen molar-refractivity contribution in [3.05, 3.63) is 23.4 Å². The zero-order chi connectivity index (χ0) is 12.6. The third-order valence-electron chi connectivity index (χ3n) is 1.55. The van der Waals surface area contributed by atoms with E-state index in [1.807, 2.05) is 21.0 Å². The molecule has 5 heteroatoms. The average Bonchev–Trinajstić information content (AvgIpc) is 2.29. The molecule has 0 amide bonds. The van der Waals surface area contributed by atoms with Crippen molar-refractivity contribution in [2.75, 3.05) is 20.4 Å². The molecule has 1 aromatic rings. The van der Waals surface area contributed by atoms with Gasteiger partial charge in [0.05, 0.1) is 11.9 Å². The highest BCUT2D eigenvalue weighted by Gasteiger charge is 2.00. The first-order valence-corrected chi connectivity index (χ1v) is 5.56. The van der Waals surface area contributed by atoms with E-state index in [1.54, 1.807) is 29.6 Å². The van der Waals surface area contributed by atoms with Gasteiger partial charge >= 0.3 is 0 Å². The van der Waals surface area contributed by atoms with E-state index >= 15 is 0 Å². The largest absolute Gasteiger partial charge is 0.369 e. The van der Waals surface area contributed by atoms with Crippen molar-refractivity contribution in [3.8, 4) is 6.07 Å². The van der Waals surface area contributed by atoms with Crippen LogP contribution in [-0.2, 0) is 0 Å². The number of nitriles is 1. The normalized spacial score (nSPS) is 9.25. The van der Waals surface area contributed by atoms with Crippen molar-refractivity contribution in [3.63, 3.8) is 0 Å². The highest BCUT2D eigenvalue weighted by atomic mass is 32.1. The maximum absolute atomic E-state index is 8.80. The molecule has 0 radical (unpaired) electrons. The summed E-state index contributed by atoms with van der Waals surface area (Å²) in [6.07, 6.45) is 3.32. The van der Waals surface area contributed by atoms with Crippen molar-refractivity contribution in [2.24, 2.45) is 4.99 Å². The van der Waals surface area contributed by atoms with Gasteiger partial charge in [0.2, 0.25) is 0 Å². The smallest absolute Gasteiger partial charge is 0.171 e. The molecule has 0 bridgehead atoms. The number of hydrogen-bond donors (Lipinski definition) is 1. The lowest BCUT2D eigenvalue weighted by molar-refractivity contribution is 0.643. The van der Waals surface area contributed by atoms with Gasteiger partial charge in [-0.15, -0.1) is 0 Å². The first kappa shape index (κ1) is 14.5. The van der Waals surface area contributed by atoms with Crippen LogP contribution in [0.4, 0.5) is 5.82 Å². The molecule has 0 unspecified atom stereocenters. The highest BCUT2D eigenvalue weighted by Crippen LogP contribution is 2.14. The lowest BCUT2D eigenvalue weighted by atomic mass is 10.2. The van der Waals surface area contributed by atoms with Crippen LogP contribution < -0.4 is 0 Å². The number of pyridine rings is 1. The summed E-state index contributed by atoms with van der Waals surface area (Å²) < 4.78 is 0. The first-order valence-electron chi connectivity index (χ1n) is 4.66. The van der Waals surface area contributed by atoms with E-state index in [0.29, 0.717) is 11.4 Å². The molecule has 0 aromatic carbocycles. The van der Waals surface area contributed by atoms with E-state index in [-0.39, 0.29) is 0 Å². The number of rotatable bonds is 2. The Morgan fingerprint density at radius 3 is 2.56 bits per heavy atom. The van der Waals surface area contributed by atoms with Gasteiger partial charge in [-0.25, -0.2) is 9.98 Å². The minimum Gasteiger partial charge on any atom is -0.369 e. The molecule has 0 atom stereocenters. The van der Waals surface area contributed by atoms with E-state index in [4.69, 9.17) is 5.26 Å². The summed E-state index contributed by atoms with van der Waals surface area (Å²) in [7, 11) is 3.73. The van der Waals surface area contributed by atoms with Gasteiger partial charge in [-0.05, 0) is 25.3 Å². The lowest BCUT2D eigenvalue weighted by Crippen LogP contribution is -2.07. The van der Waals surface area contributed by atoms with Crippen molar-refractivity contribution in [2.45, 2.75) is 6.92 Å². The van der Waals surface area contributed by atoms with E-state index in [2.05, 4.69) is 28.7 Å². The SMILES string of the molecule is CS.Cc1ccc(C#N)c(/N=C/N(C)C)n1. The van der Waals surface area contributed by atoms with Gasteiger partial charge in [-0.2, -0.15) is 17.9 Å². The number of nitrogens with zero attached hydrogens (tertiary/aromatic N) is 4.